The summed E-state index contributed by atoms with van der Waals surface area (Å²) in [6.45, 7) is 2.44. The molecule has 3 aromatic carbocycles. The highest BCUT2D eigenvalue weighted by molar-refractivity contribution is 5.65. The second-order valence-electron chi connectivity index (χ2n) is 8.81. The standard InChI is InChI=1S/C28H18F10O4/c1-2-3-13-11-39-27(40-12-13)14-4-5-17(18(29)6-14)15-7-19(30)23(20(31)8-15)28(37,38)42-16-9-21(32)24(22(33)10-16)41-26(36)25(34)35/h2-10,13,27H,11-12H2,1H3. The molecule has 14 heteroatoms. The molecule has 0 atom stereocenters. The summed E-state index contributed by atoms with van der Waals surface area (Å²) in [4.78, 5) is 0. The summed E-state index contributed by atoms with van der Waals surface area (Å²) in [5, 5.41) is 0. The molecule has 0 bridgehead atoms. The van der Waals surface area contributed by atoms with Crippen LogP contribution in [-0.2, 0) is 15.6 Å². The van der Waals surface area contributed by atoms with Crippen molar-refractivity contribution in [3.05, 3.63) is 107 Å². The largest absolute Gasteiger partial charge is 0.432 e. The van der Waals surface area contributed by atoms with Crippen molar-refractivity contribution in [2.45, 2.75) is 19.3 Å². The number of alkyl halides is 2. The summed E-state index contributed by atoms with van der Waals surface area (Å²) in [6, 6.07) is 1.59. The Morgan fingerprint density at radius 3 is 1.95 bits per heavy atom. The van der Waals surface area contributed by atoms with Gasteiger partial charge in [0.15, 0.2) is 17.9 Å². The van der Waals surface area contributed by atoms with E-state index in [9.17, 15) is 43.9 Å². The van der Waals surface area contributed by atoms with Crippen molar-refractivity contribution in [1.29, 1.82) is 0 Å². The molecule has 1 saturated heterocycles. The van der Waals surface area contributed by atoms with Gasteiger partial charge in [-0.05, 0) is 30.7 Å². The lowest BCUT2D eigenvalue weighted by molar-refractivity contribution is -0.197. The molecule has 1 heterocycles. The summed E-state index contributed by atoms with van der Waals surface area (Å²) >= 11 is 0. The normalized spacial score (nSPS) is 17.4. The zero-order valence-electron chi connectivity index (χ0n) is 21.2. The van der Waals surface area contributed by atoms with Gasteiger partial charge in [0, 0.05) is 29.2 Å². The molecule has 0 spiro atoms. The molecule has 42 heavy (non-hydrogen) atoms. The van der Waals surface area contributed by atoms with E-state index in [1.165, 1.54) is 6.07 Å². The SMILES string of the molecule is CC=CC1COC(c2ccc(-c3cc(F)c(C(F)(F)Oc4cc(F)c(OC(F)=C(F)F)c(F)c4)c(F)c3)c(F)c2)OC1. The van der Waals surface area contributed by atoms with Crippen molar-refractivity contribution >= 4 is 0 Å². The van der Waals surface area contributed by atoms with Gasteiger partial charge in [-0.15, -0.1) is 0 Å². The predicted octanol–water partition coefficient (Wildman–Crippen LogP) is 8.83. The second kappa shape index (κ2) is 12.4. The summed E-state index contributed by atoms with van der Waals surface area (Å²) in [6.07, 6.45) is -5.16. The first-order valence-corrected chi connectivity index (χ1v) is 11.9. The van der Waals surface area contributed by atoms with Crippen molar-refractivity contribution < 1.29 is 62.9 Å². The van der Waals surface area contributed by atoms with Gasteiger partial charge in [0.2, 0.25) is 5.75 Å². The maximum absolute atomic E-state index is 14.9. The van der Waals surface area contributed by atoms with Gasteiger partial charge in [-0.2, -0.15) is 22.0 Å². The van der Waals surface area contributed by atoms with E-state index in [4.69, 9.17) is 9.47 Å². The Labute approximate surface area is 231 Å². The molecule has 1 fully saturated rings. The lowest BCUT2D eigenvalue weighted by Gasteiger charge is -2.28. The van der Waals surface area contributed by atoms with E-state index in [0.717, 1.165) is 12.1 Å². The molecule has 224 valence electrons. The molecule has 0 unspecified atom stereocenters. The molecule has 1 aliphatic heterocycles. The van der Waals surface area contributed by atoms with E-state index in [2.05, 4.69) is 9.47 Å². The quantitative estimate of drug-likeness (QED) is 0.146. The molecular weight excluding hydrogens is 590 g/mol. The predicted molar refractivity (Wildman–Crippen MR) is 127 cm³/mol. The van der Waals surface area contributed by atoms with E-state index in [1.54, 1.807) is 0 Å². The molecule has 0 radical (unpaired) electrons. The molecule has 0 amide bonds. The molecule has 0 aromatic heterocycles. The van der Waals surface area contributed by atoms with Crippen LogP contribution < -0.4 is 9.47 Å². The first-order valence-electron chi connectivity index (χ1n) is 11.9. The summed E-state index contributed by atoms with van der Waals surface area (Å²) in [5.41, 5.74) is -2.56. The molecular formula is C28H18F10O4. The van der Waals surface area contributed by atoms with Gasteiger partial charge in [-0.1, -0.05) is 24.3 Å². The van der Waals surface area contributed by atoms with Crippen LogP contribution in [0.3, 0.4) is 0 Å². The average molecular weight is 608 g/mol. The second-order valence-corrected chi connectivity index (χ2v) is 8.81. The minimum Gasteiger partial charge on any atom is -0.429 e. The number of rotatable bonds is 8. The van der Waals surface area contributed by atoms with Crippen molar-refractivity contribution in [3.63, 3.8) is 0 Å². The number of ether oxygens (including phenoxy) is 4. The Morgan fingerprint density at radius 2 is 1.43 bits per heavy atom. The topological polar surface area (TPSA) is 36.9 Å². The van der Waals surface area contributed by atoms with Crippen molar-refractivity contribution in [3.8, 4) is 22.6 Å². The third kappa shape index (κ3) is 6.71. The number of benzene rings is 3. The average Bonchev–Trinajstić information content (AvgIpc) is 2.90. The fourth-order valence-corrected chi connectivity index (χ4v) is 4.03. The smallest absolute Gasteiger partial charge is 0.429 e. The van der Waals surface area contributed by atoms with Crippen molar-refractivity contribution in [2.75, 3.05) is 13.2 Å². The van der Waals surface area contributed by atoms with Gasteiger partial charge in [-0.25, -0.2) is 22.0 Å². The van der Waals surface area contributed by atoms with Crippen LogP contribution in [0.1, 0.15) is 24.3 Å². The van der Waals surface area contributed by atoms with Gasteiger partial charge < -0.3 is 18.9 Å². The minimum atomic E-state index is -4.90. The van der Waals surface area contributed by atoms with Crippen LogP contribution in [0.25, 0.3) is 11.1 Å². The highest BCUT2D eigenvalue weighted by Gasteiger charge is 2.42. The van der Waals surface area contributed by atoms with Crippen LogP contribution in [0.4, 0.5) is 43.9 Å². The van der Waals surface area contributed by atoms with Gasteiger partial charge >= 0.3 is 18.2 Å². The Kier molecular flexibility index (Phi) is 9.16. The van der Waals surface area contributed by atoms with E-state index in [-0.39, 0.29) is 29.2 Å². The lowest BCUT2D eigenvalue weighted by atomic mass is 10.00. The van der Waals surface area contributed by atoms with Crippen LogP contribution in [0, 0.1) is 35.0 Å². The Balaban J connectivity index is 1.56. The molecule has 4 nitrogen and oxygen atoms in total. The maximum atomic E-state index is 14.9. The summed E-state index contributed by atoms with van der Waals surface area (Å²) in [5.74, 6) is -11.8. The van der Waals surface area contributed by atoms with Crippen LogP contribution in [-0.4, -0.2) is 13.2 Å². The van der Waals surface area contributed by atoms with Crippen LogP contribution >= 0.6 is 0 Å². The number of hydrogen-bond acceptors (Lipinski definition) is 4. The van der Waals surface area contributed by atoms with Gasteiger partial charge in [0.25, 0.3) is 0 Å². The van der Waals surface area contributed by atoms with E-state index in [1.807, 2.05) is 19.1 Å². The molecule has 0 saturated carbocycles. The van der Waals surface area contributed by atoms with Crippen molar-refractivity contribution in [1.82, 2.24) is 0 Å². The van der Waals surface area contributed by atoms with Gasteiger partial charge in [0.05, 0.1) is 13.2 Å². The van der Waals surface area contributed by atoms with Gasteiger partial charge in [-0.3, -0.25) is 0 Å². The van der Waals surface area contributed by atoms with Gasteiger partial charge in [0.1, 0.15) is 28.8 Å². The van der Waals surface area contributed by atoms with Crippen LogP contribution in [0.2, 0.25) is 0 Å². The van der Waals surface area contributed by atoms with E-state index >= 15 is 0 Å². The zero-order chi connectivity index (χ0) is 30.8. The number of allylic oxidation sites excluding steroid dienone is 1. The van der Waals surface area contributed by atoms with E-state index < -0.39 is 76.2 Å². The Bertz CT molecular complexity index is 1480. The first kappa shape index (κ1) is 30.9. The maximum Gasteiger partial charge on any atom is 0.432 e. The molecule has 1 aliphatic rings. The van der Waals surface area contributed by atoms with Crippen LogP contribution in [0.15, 0.2) is 66.7 Å². The molecule has 0 aliphatic carbocycles. The van der Waals surface area contributed by atoms with E-state index in [0.29, 0.717) is 25.3 Å². The lowest BCUT2D eigenvalue weighted by Crippen LogP contribution is -2.26. The third-order valence-electron chi connectivity index (χ3n) is 5.86. The number of hydrogen-bond donors (Lipinski definition) is 0. The minimum absolute atomic E-state index is 0.00807. The fourth-order valence-electron chi connectivity index (χ4n) is 4.03. The highest BCUT2D eigenvalue weighted by Crippen LogP contribution is 2.39. The molecule has 3 aromatic rings. The Morgan fingerprint density at radius 1 is 0.833 bits per heavy atom. The van der Waals surface area contributed by atoms with Crippen LogP contribution in [0.5, 0.6) is 11.5 Å². The third-order valence-corrected chi connectivity index (χ3v) is 5.86. The summed E-state index contributed by atoms with van der Waals surface area (Å²) < 4.78 is 158. The molecule has 0 N–H and O–H groups in total. The molecule has 4 rings (SSSR count). The Hall–Kier alpha value is -4.04. The monoisotopic (exact) mass is 608 g/mol. The highest BCUT2D eigenvalue weighted by atomic mass is 19.3. The van der Waals surface area contributed by atoms with Crippen molar-refractivity contribution in [2.24, 2.45) is 5.92 Å². The fraction of sp³-hybridized carbons (Fsp3) is 0.214. The first-order chi connectivity index (χ1) is 19.8. The summed E-state index contributed by atoms with van der Waals surface area (Å²) in [7, 11) is 0. The zero-order valence-corrected chi connectivity index (χ0v) is 21.2. The number of halogens is 10.